The molecule has 1 aromatic heterocycles. The number of carbonyl (C=O) groups excluding carboxylic acids is 1. The molecule has 0 bridgehead atoms. The van der Waals surface area contributed by atoms with Gasteiger partial charge in [-0.05, 0) is 19.8 Å². The van der Waals surface area contributed by atoms with Crippen LogP contribution in [0.25, 0.3) is 0 Å². The Morgan fingerprint density at radius 3 is 2.45 bits per heavy atom. The standard InChI is InChI=1S/C14H19N3O5/c1-4-14(5-2,13(19)20)8-16-12(18)11-6-10(17(21)22)7-15-9(11)3/h6-7H,4-5,8H2,1-3H3,(H,16,18)(H,19,20). The fourth-order valence-corrected chi connectivity index (χ4v) is 2.07. The molecule has 0 aliphatic rings. The lowest BCUT2D eigenvalue weighted by atomic mass is 9.82. The number of nitro groups is 1. The van der Waals surface area contributed by atoms with Crippen LogP contribution in [0.2, 0.25) is 0 Å². The van der Waals surface area contributed by atoms with E-state index in [1.54, 1.807) is 20.8 Å². The number of hydrogen-bond acceptors (Lipinski definition) is 5. The molecule has 1 aromatic rings. The quantitative estimate of drug-likeness (QED) is 0.586. The monoisotopic (exact) mass is 309 g/mol. The van der Waals surface area contributed by atoms with Gasteiger partial charge in [-0.1, -0.05) is 13.8 Å². The molecule has 2 N–H and O–H groups in total. The molecule has 0 radical (unpaired) electrons. The third kappa shape index (κ3) is 3.57. The first-order valence-electron chi connectivity index (χ1n) is 6.90. The van der Waals surface area contributed by atoms with E-state index >= 15 is 0 Å². The number of rotatable bonds is 7. The summed E-state index contributed by atoms with van der Waals surface area (Å²) in [7, 11) is 0. The molecule has 8 heteroatoms. The van der Waals surface area contributed by atoms with Crippen molar-refractivity contribution in [3.05, 3.63) is 33.6 Å². The van der Waals surface area contributed by atoms with Crippen molar-refractivity contribution in [3.8, 4) is 0 Å². The van der Waals surface area contributed by atoms with Gasteiger partial charge in [0, 0.05) is 12.6 Å². The topological polar surface area (TPSA) is 122 Å². The lowest BCUT2D eigenvalue weighted by Gasteiger charge is -2.26. The molecule has 22 heavy (non-hydrogen) atoms. The van der Waals surface area contributed by atoms with Crippen LogP contribution in [-0.4, -0.2) is 33.4 Å². The summed E-state index contributed by atoms with van der Waals surface area (Å²) in [5, 5.41) is 22.6. The number of nitrogens with one attached hydrogen (secondary N) is 1. The summed E-state index contributed by atoms with van der Waals surface area (Å²) in [6.07, 6.45) is 1.81. The molecule has 0 atom stereocenters. The molecular formula is C14H19N3O5. The summed E-state index contributed by atoms with van der Waals surface area (Å²) in [5.41, 5.74) is -0.915. The molecule has 0 saturated heterocycles. The summed E-state index contributed by atoms with van der Waals surface area (Å²) >= 11 is 0. The van der Waals surface area contributed by atoms with E-state index in [0.717, 1.165) is 12.3 Å². The number of hydrogen-bond donors (Lipinski definition) is 2. The second-order valence-electron chi connectivity index (χ2n) is 5.06. The number of carbonyl (C=O) groups is 2. The van der Waals surface area contributed by atoms with Gasteiger partial charge >= 0.3 is 5.97 Å². The number of amides is 1. The summed E-state index contributed by atoms with van der Waals surface area (Å²) in [4.78, 5) is 37.5. The highest BCUT2D eigenvalue weighted by molar-refractivity contribution is 5.96. The molecule has 0 aliphatic carbocycles. The smallest absolute Gasteiger partial charge is 0.311 e. The number of aromatic nitrogens is 1. The minimum Gasteiger partial charge on any atom is -0.481 e. The van der Waals surface area contributed by atoms with E-state index in [2.05, 4.69) is 10.3 Å². The van der Waals surface area contributed by atoms with Crippen LogP contribution in [0.1, 0.15) is 42.7 Å². The minimum absolute atomic E-state index is 0.0453. The fourth-order valence-electron chi connectivity index (χ4n) is 2.07. The maximum atomic E-state index is 12.2. The van der Waals surface area contributed by atoms with Gasteiger partial charge in [0.1, 0.15) is 6.20 Å². The molecule has 8 nitrogen and oxygen atoms in total. The van der Waals surface area contributed by atoms with E-state index in [1.807, 2.05) is 0 Å². The average Bonchev–Trinajstić information content (AvgIpc) is 2.48. The van der Waals surface area contributed by atoms with Gasteiger partial charge in [0.2, 0.25) is 0 Å². The predicted molar refractivity (Wildman–Crippen MR) is 78.6 cm³/mol. The number of carboxylic acid groups (broad SMARTS) is 1. The van der Waals surface area contributed by atoms with Crippen molar-refractivity contribution in [3.63, 3.8) is 0 Å². The molecule has 1 amide bonds. The molecule has 0 spiro atoms. The Morgan fingerprint density at radius 1 is 1.41 bits per heavy atom. The van der Waals surface area contributed by atoms with E-state index in [1.165, 1.54) is 0 Å². The average molecular weight is 309 g/mol. The lowest BCUT2D eigenvalue weighted by molar-refractivity contribution is -0.385. The van der Waals surface area contributed by atoms with Crippen LogP contribution < -0.4 is 5.32 Å². The molecule has 0 unspecified atom stereocenters. The SMILES string of the molecule is CCC(CC)(CNC(=O)c1cc([N+](=O)[O-])cnc1C)C(=O)O. The van der Waals surface area contributed by atoms with Crippen molar-refractivity contribution >= 4 is 17.6 Å². The second-order valence-corrected chi connectivity index (χ2v) is 5.06. The van der Waals surface area contributed by atoms with Crippen LogP contribution in [0.15, 0.2) is 12.3 Å². The summed E-state index contributed by atoms with van der Waals surface area (Å²) in [5.74, 6) is -1.55. The zero-order valence-electron chi connectivity index (χ0n) is 12.8. The molecule has 1 heterocycles. The highest BCUT2D eigenvalue weighted by Gasteiger charge is 2.35. The molecule has 0 saturated carbocycles. The van der Waals surface area contributed by atoms with E-state index < -0.39 is 22.2 Å². The Balaban J connectivity index is 2.96. The zero-order valence-corrected chi connectivity index (χ0v) is 12.8. The van der Waals surface area contributed by atoms with Crippen molar-refractivity contribution in [2.24, 2.45) is 5.41 Å². The predicted octanol–water partition coefficient (Wildman–Crippen LogP) is 1.92. The maximum Gasteiger partial charge on any atom is 0.311 e. The number of nitrogens with zero attached hydrogens (tertiary/aromatic N) is 2. The van der Waals surface area contributed by atoms with Gasteiger partial charge in [-0.25, -0.2) is 0 Å². The first-order valence-corrected chi connectivity index (χ1v) is 6.90. The molecule has 0 fully saturated rings. The van der Waals surface area contributed by atoms with E-state index in [4.69, 9.17) is 0 Å². The van der Waals surface area contributed by atoms with Crippen LogP contribution in [0.4, 0.5) is 5.69 Å². The Morgan fingerprint density at radius 2 is 2.00 bits per heavy atom. The number of aliphatic carboxylic acids is 1. The minimum atomic E-state index is -1.04. The van der Waals surface area contributed by atoms with Crippen molar-refractivity contribution < 1.29 is 19.6 Å². The highest BCUT2D eigenvalue weighted by atomic mass is 16.6. The molecule has 1 rings (SSSR count). The van der Waals surface area contributed by atoms with Gasteiger partial charge in [0.15, 0.2) is 0 Å². The molecule has 0 aliphatic heterocycles. The Labute approximate surface area is 127 Å². The van der Waals surface area contributed by atoms with Gasteiger partial charge in [0.25, 0.3) is 11.6 Å². The Bertz CT molecular complexity index is 596. The van der Waals surface area contributed by atoms with Crippen LogP contribution in [0.5, 0.6) is 0 Å². The van der Waals surface area contributed by atoms with E-state index in [9.17, 15) is 24.8 Å². The molecule has 0 aromatic carbocycles. The Kier molecular flexibility index (Phi) is 5.56. The third-order valence-electron chi connectivity index (χ3n) is 3.92. The first kappa shape index (κ1) is 17.5. The maximum absolute atomic E-state index is 12.2. The second kappa shape index (κ2) is 6.97. The van der Waals surface area contributed by atoms with Gasteiger partial charge in [-0.15, -0.1) is 0 Å². The summed E-state index contributed by atoms with van der Waals surface area (Å²) < 4.78 is 0. The number of aryl methyl sites for hydroxylation is 1. The van der Waals surface area contributed by atoms with Crippen LogP contribution in [0, 0.1) is 22.5 Å². The normalized spacial score (nSPS) is 11.0. The van der Waals surface area contributed by atoms with Gasteiger partial charge in [-0.2, -0.15) is 0 Å². The molecule has 120 valence electrons. The first-order chi connectivity index (χ1) is 10.3. The largest absolute Gasteiger partial charge is 0.481 e. The van der Waals surface area contributed by atoms with Gasteiger partial charge in [0.05, 0.1) is 21.6 Å². The number of carboxylic acids is 1. The van der Waals surface area contributed by atoms with Crippen LogP contribution in [0.3, 0.4) is 0 Å². The lowest BCUT2D eigenvalue weighted by Crippen LogP contribution is -2.42. The summed E-state index contributed by atoms with van der Waals surface area (Å²) in [6.45, 7) is 4.99. The fraction of sp³-hybridized carbons (Fsp3) is 0.500. The van der Waals surface area contributed by atoms with Crippen molar-refractivity contribution in [2.75, 3.05) is 6.54 Å². The van der Waals surface area contributed by atoms with E-state index in [0.29, 0.717) is 18.5 Å². The zero-order chi connectivity index (χ0) is 16.9. The van der Waals surface area contributed by atoms with Crippen molar-refractivity contribution in [1.82, 2.24) is 10.3 Å². The van der Waals surface area contributed by atoms with Crippen molar-refractivity contribution in [2.45, 2.75) is 33.6 Å². The highest BCUT2D eigenvalue weighted by Crippen LogP contribution is 2.26. The Hall–Kier alpha value is -2.51. The van der Waals surface area contributed by atoms with Crippen LogP contribution in [-0.2, 0) is 4.79 Å². The van der Waals surface area contributed by atoms with E-state index in [-0.39, 0.29) is 17.8 Å². The van der Waals surface area contributed by atoms with Gasteiger partial charge < -0.3 is 10.4 Å². The van der Waals surface area contributed by atoms with Crippen LogP contribution >= 0.6 is 0 Å². The molecular weight excluding hydrogens is 290 g/mol. The van der Waals surface area contributed by atoms with Crippen molar-refractivity contribution in [1.29, 1.82) is 0 Å². The third-order valence-corrected chi connectivity index (χ3v) is 3.92. The number of pyridine rings is 1. The van der Waals surface area contributed by atoms with Gasteiger partial charge in [-0.3, -0.25) is 24.7 Å². The summed E-state index contributed by atoms with van der Waals surface area (Å²) in [6, 6.07) is 1.14.